The van der Waals surface area contributed by atoms with Crippen molar-refractivity contribution in [2.45, 2.75) is 32.2 Å². The maximum Gasteiger partial charge on any atom is 0.270 e. The average molecular weight is 334 g/mol. The summed E-state index contributed by atoms with van der Waals surface area (Å²) < 4.78 is 0.915. The van der Waals surface area contributed by atoms with Crippen LogP contribution in [0.15, 0.2) is 18.2 Å². The SMILES string of the molecule is CCCC(N)Cc1ccc([N+](=O)[O-])cc1I. The van der Waals surface area contributed by atoms with Crippen molar-refractivity contribution in [1.82, 2.24) is 0 Å². The fourth-order valence-electron chi connectivity index (χ4n) is 1.57. The lowest BCUT2D eigenvalue weighted by molar-refractivity contribution is -0.385. The molecule has 0 fully saturated rings. The van der Waals surface area contributed by atoms with E-state index in [4.69, 9.17) is 5.73 Å². The fourth-order valence-corrected chi connectivity index (χ4v) is 2.29. The molecule has 0 spiro atoms. The van der Waals surface area contributed by atoms with Gasteiger partial charge in [-0.3, -0.25) is 10.1 Å². The Bertz CT molecular complexity index is 382. The number of non-ortho nitro benzene ring substituents is 1. The average Bonchev–Trinajstić information content (AvgIpc) is 2.21. The molecule has 4 nitrogen and oxygen atoms in total. The van der Waals surface area contributed by atoms with Crippen molar-refractivity contribution < 1.29 is 4.92 Å². The molecule has 1 unspecified atom stereocenters. The van der Waals surface area contributed by atoms with Crippen molar-refractivity contribution in [2.24, 2.45) is 5.73 Å². The second kappa shape index (κ2) is 6.15. The smallest absolute Gasteiger partial charge is 0.270 e. The first-order valence-corrected chi connectivity index (χ1v) is 6.31. The van der Waals surface area contributed by atoms with Crippen LogP contribution in [0.5, 0.6) is 0 Å². The summed E-state index contributed by atoms with van der Waals surface area (Å²) in [6, 6.07) is 5.07. The summed E-state index contributed by atoms with van der Waals surface area (Å²) in [6.07, 6.45) is 2.82. The summed E-state index contributed by atoms with van der Waals surface area (Å²) in [4.78, 5) is 10.2. The van der Waals surface area contributed by atoms with E-state index in [1.54, 1.807) is 12.1 Å². The van der Waals surface area contributed by atoms with Gasteiger partial charge in [-0.25, -0.2) is 0 Å². The van der Waals surface area contributed by atoms with Crippen LogP contribution < -0.4 is 5.73 Å². The Labute approximate surface area is 109 Å². The van der Waals surface area contributed by atoms with Gasteiger partial charge in [0.05, 0.1) is 4.92 Å². The Morgan fingerprint density at radius 2 is 2.25 bits per heavy atom. The summed E-state index contributed by atoms with van der Waals surface area (Å²) >= 11 is 2.12. The maximum absolute atomic E-state index is 10.6. The molecule has 2 N–H and O–H groups in total. The summed E-state index contributed by atoms with van der Waals surface area (Å²) in [6.45, 7) is 2.10. The van der Waals surface area contributed by atoms with E-state index in [0.29, 0.717) is 0 Å². The molecule has 1 aromatic carbocycles. The highest BCUT2D eigenvalue weighted by Crippen LogP contribution is 2.21. The summed E-state index contributed by atoms with van der Waals surface area (Å²) in [5.74, 6) is 0. The third kappa shape index (κ3) is 3.71. The largest absolute Gasteiger partial charge is 0.327 e. The molecule has 0 heterocycles. The van der Waals surface area contributed by atoms with Crippen LogP contribution in [0.4, 0.5) is 5.69 Å². The first-order valence-electron chi connectivity index (χ1n) is 5.23. The van der Waals surface area contributed by atoms with Crippen LogP contribution in [0.25, 0.3) is 0 Å². The molecule has 5 heteroatoms. The minimum atomic E-state index is -0.377. The van der Waals surface area contributed by atoms with E-state index in [2.05, 4.69) is 29.5 Å². The van der Waals surface area contributed by atoms with Gasteiger partial charge in [0.15, 0.2) is 0 Å². The zero-order chi connectivity index (χ0) is 12.1. The van der Waals surface area contributed by atoms with E-state index in [1.165, 1.54) is 6.07 Å². The van der Waals surface area contributed by atoms with Gasteiger partial charge in [-0.2, -0.15) is 0 Å². The first-order chi connectivity index (χ1) is 7.54. The minimum absolute atomic E-state index is 0.136. The molecule has 1 aromatic rings. The van der Waals surface area contributed by atoms with Gasteiger partial charge in [0.1, 0.15) is 0 Å². The van der Waals surface area contributed by atoms with Gasteiger partial charge in [0.2, 0.25) is 0 Å². The number of nitro benzene ring substituents is 1. The molecule has 0 aliphatic carbocycles. The van der Waals surface area contributed by atoms with Crippen molar-refractivity contribution in [3.63, 3.8) is 0 Å². The molecule has 0 saturated heterocycles. The van der Waals surface area contributed by atoms with Crippen LogP contribution in [-0.4, -0.2) is 11.0 Å². The standard InChI is InChI=1S/C11H15IN2O2/c1-2-3-9(13)6-8-4-5-10(14(15)16)7-11(8)12/h4-5,7,9H,2-3,6,13H2,1H3. The number of hydrogen-bond donors (Lipinski definition) is 1. The predicted octanol–water partition coefficient (Wildman–Crippen LogP) is 2.87. The molecule has 0 amide bonds. The molecular weight excluding hydrogens is 319 g/mol. The van der Waals surface area contributed by atoms with E-state index in [-0.39, 0.29) is 16.7 Å². The molecular formula is C11H15IN2O2. The Hall–Kier alpha value is -0.690. The minimum Gasteiger partial charge on any atom is -0.327 e. The van der Waals surface area contributed by atoms with Crippen molar-refractivity contribution in [3.8, 4) is 0 Å². The maximum atomic E-state index is 10.6. The fraction of sp³-hybridized carbons (Fsp3) is 0.455. The molecule has 1 atom stereocenters. The molecule has 16 heavy (non-hydrogen) atoms. The summed E-state index contributed by atoms with van der Waals surface area (Å²) in [7, 11) is 0. The molecule has 1 rings (SSSR count). The zero-order valence-electron chi connectivity index (χ0n) is 9.15. The van der Waals surface area contributed by atoms with E-state index < -0.39 is 0 Å². The number of nitrogens with zero attached hydrogens (tertiary/aromatic N) is 1. The van der Waals surface area contributed by atoms with Crippen molar-refractivity contribution in [3.05, 3.63) is 37.4 Å². The van der Waals surface area contributed by atoms with Crippen LogP contribution in [-0.2, 0) is 6.42 Å². The van der Waals surface area contributed by atoms with Crippen molar-refractivity contribution in [1.29, 1.82) is 0 Å². The van der Waals surface area contributed by atoms with Gasteiger partial charge >= 0.3 is 0 Å². The van der Waals surface area contributed by atoms with Crippen molar-refractivity contribution >= 4 is 28.3 Å². The number of halogens is 1. The molecule has 0 saturated carbocycles. The lowest BCUT2D eigenvalue weighted by atomic mass is 10.0. The summed E-state index contributed by atoms with van der Waals surface area (Å²) in [5.41, 5.74) is 7.17. The Kier molecular flexibility index (Phi) is 5.14. The molecule has 0 radical (unpaired) electrons. The van der Waals surface area contributed by atoms with Crippen LogP contribution in [0, 0.1) is 13.7 Å². The number of rotatable bonds is 5. The molecule has 0 aliphatic rings. The van der Waals surface area contributed by atoms with Crippen molar-refractivity contribution in [2.75, 3.05) is 0 Å². The highest BCUT2D eigenvalue weighted by atomic mass is 127. The van der Waals surface area contributed by atoms with Crippen LogP contribution in [0.2, 0.25) is 0 Å². The topological polar surface area (TPSA) is 69.2 Å². The number of hydrogen-bond acceptors (Lipinski definition) is 3. The summed E-state index contributed by atoms with van der Waals surface area (Å²) in [5, 5.41) is 10.6. The van der Waals surface area contributed by atoms with E-state index in [0.717, 1.165) is 28.4 Å². The van der Waals surface area contributed by atoms with Gasteiger partial charge in [-0.1, -0.05) is 19.4 Å². The lowest BCUT2D eigenvalue weighted by Gasteiger charge is -2.11. The van der Waals surface area contributed by atoms with Gasteiger partial charge in [-0.05, 0) is 41.0 Å². The first kappa shape index (κ1) is 13.4. The zero-order valence-corrected chi connectivity index (χ0v) is 11.3. The Morgan fingerprint density at radius 3 is 2.75 bits per heavy atom. The van der Waals surface area contributed by atoms with Crippen LogP contribution >= 0.6 is 22.6 Å². The lowest BCUT2D eigenvalue weighted by Crippen LogP contribution is -2.22. The van der Waals surface area contributed by atoms with Gasteiger partial charge < -0.3 is 5.73 Å². The molecule has 0 aliphatic heterocycles. The third-order valence-corrected chi connectivity index (χ3v) is 3.39. The third-order valence-electron chi connectivity index (χ3n) is 2.39. The van der Waals surface area contributed by atoms with E-state index in [9.17, 15) is 10.1 Å². The van der Waals surface area contributed by atoms with E-state index in [1.807, 2.05) is 0 Å². The highest BCUT2D eigenvalue weighted by Gasteiger charge is 2.11. The van der Waals surface area contributed by atoms with Crippen LogP contribution in [0.3, 0.4) is 0 Å². The van der Waals surface area contributed by atoms with Gasteiger partial charge in [0, 0.05) is 21.7 Å². The van der Waals surface area contributed by atoms with Gasteiger partial charge in [0.25, 0.3) is 5.69 Å². The van der Waals surface area contributed by atoms with E-state index >= 15 is 0 Å². The van der Waals surface area contributed by atoms with Gasteiger partial charge in [-0.15, -0.1) is 0 Å². The molecule has 0 aromatic heterocycles. The number of nitro groups is 1. The van der Waals surface area contributed by atoms with Crippen LogP contribution in [0.1, 0.15) is 25.3 Å². The predicted molar refractivity (Wildman–Crippen MR) is 72.4 cm³/mol. The Balaban J connectivity index is 2.79. The number of nitrogens with two attached hydrogens (primary N) is 1. The Morgan fingerprint density at radius 1 is 1.56 bits per heavy atom. The molecule has 88 valence electrons. The second-order valence-electron chi connectivity index (χ2n) is 3.79. The highest BCUT2D eigenvalue weighted by molar-refractivity contribution is 14.1. The number of benzene rings is 1. The molecule has 0 bridgehead atoms. The normalized spacial score (nSPS) is 12.4. The quantitative estimate of drug-likeness (QED) is 0.511. The second-order valence-corrected chi connectivity index (χ2v) is 4.95. The monoisotopic (exact) mass is 334 g/mol.